The van der Waals surface area contributed by atoms with Gasteiger partial charge in [0.15, 0.2) is 0 Å². The molecule has 1 fully saturated rings. The summed E-state index contributed by atoms with van der Waals surface area (Å²) >= 11 is 0. The molecule has 1 aromatic rings. The number of aromatic nitrogens is 3. The van der Waals surface area contributed by atoms with Crippen molar-refractivity contribution < 1.29 is 4.74 Å². The lowest BCUT2D eigenvalue weighted by atomic mass is 10.3. The second kappa shape index (κ2) is 4.93. The van der Waals surface area contributed by atoms with Crippen molar-refractivity contribution in [3.8, 4) is 0 Å². The minimum Gasteiger partial charge on any atom is -0.382 e. The van der Waals surface area contributed by atoms with E-state index >= 15 is 0 Å². The number of aryl methyl sites for hydroxylation is 2. The van der Waals surface area contributed by atoms with Gasteiger partial charge in [-0.2, -0.15) is 5.10 Å². The zero-order valence-corrected chi connectivity index (χ0v) is 10.2. The summed E-state index contributed by atoms with van der Waals surface area (Å²) < 4.78 is 7.21. The molecule has 1 aliphatic rings. The molecule has 0 aromatic carbocycles. The second-order valence-electron chi connectivity index (χ2n) is 4.44. The van der Waals surface area contributed by atoms with E-state index in [-0.39, 0.29) is 6.04 Å². The summed E-state index contributed by atoms with van der Waals surface area (Å²) in [5, 5.41) is 7.92. The van der Waals surface area contributed by atoms with Gasteiger partial charge >= 0.3 is 0 Å². The van der Waals surface area contributed by atoms with Crippen molar-refractivity contribution in [1.82, 2.24) is 20.1 Å². The van der Waals surface area contributed by atoms with Gasteiger partial charge in [-0.1, -0.05) is 0 Å². The lowest BCUT2D eigenvalue weighted by Gasteiger charge is -2.18. The summed E-state index contributed by atoms with van der Waals surface area (Å²) in [6.45, 7) is 5.48. The summed E-state index contributed by atoms with van der Waals surface area (Å²) in [4.78, 5) is 4.33. The van der Waals surface area contributed by atoms with E-state index in [9.17, 15) is 0 Å². The first-order valence-corrected chi connectivity index (χ1v) is 5.82. The van der Waals surface area contributed by atoms with Gasteiger partial charge in [0.1, 0.15) is 11.6 Å². The highest BCUT2D eigenvalue weighted by molar-refractivity contribution is 4.92. The maximum Gasteiger partial charge on any atom is 0.147 e. The molecule has 1 saturated carbocycles. The third-order valence-corrected chi connectivity index (χ3v) is 2.83. The van der Waals surface area contributed by atoms with Gasteiger partial charge in [0, 0.05) is 19.7 Å². The Labute approximate surface area is 96.2 Å². The molecule has 1 unspecified atom stereocenters. The highest BCUT2D eigenvalue weighted by atomic mass is 16.5. The average molecular weight is 224 g/mol. The van der Waals surface area contributed by atoms with E-state index in [1.165, 1.54) is 12.8 Å². The Morgan fingerprint density at radius 2 is 2.25 bits per heavy atom. The van der Waals surface area contributed by atoms with E-state index in [0.29, 0.717) is 12.6 Å². The zero-order valence-electron chi connectivity index (χ0n) is 10.2. The normalized spacial score (nSPS) is 17.7. The van der Waals surface area contributed by atoms with Crippen LogP contribution in [0.15, 0.2) is 0 Å². The Morgan fingerprint density at radius 1 is 1.50 bits per heavy atom. The molecular formula is C11H20N4O. The van der Waals surface area contributed by atoms with Crippen LogP contribution in [0.25, 0.3) is 0 Å². The van der Waals surface area contributed by atoms with Crippen molar-refractivity contribution in [2.24, 2.45) is 0 Å². The molecule has 0 saturated heterocycles. The van der Waals surface area contributed by atoms with Crippen LogP contribution in [0.1, 0.15) is 30.5 Å². The van der Waals surface area contributed by atoms with E-state index in [2.05, 4.69) is 15.4 Å². The largest absolute Gasteiger partial charge is 0.382 e. The molecule has 1 aromatic heterocycles. The Bertz CT molecular complexity index is 346. The molecule has 1 aliphatic carbocycles. The van der Waals surface area contributed by atoms with Crippen LogP contribution in [0.5, 0.6) is 0 Å². The van der Waals surface area contributed by atoms with Gasteiger partial charge in [0.25, 0.3) is 0 Å². The number of ether oxygens (including phenoxy) is 1. The molecular weight excluding hydrogens is 204 g/mol. The lowest BCUT2D eigenvalue weighted by Crippen LogP contribution is -2.31. The van der Waals surface area contributed by atoms with Crippen LogP contribution in [0, 0.1) is 13.8 Å². The maximum atomic E-state index is 5.25. The van der Waals surface area contributed by atoms with Gasteiger partial charge in [-0.3, -0.25) is 0 Å². The molecule has 0 spiro atoms. The van der Waals surface area contributed by atoms with Crippen LogP contribution >= 0.6 is 0 Å². The fraction of sp³-hybridized carbons (Fsp3) is 0.818. The quantitative estimate of drug-likeness (QED) is 0.778. The third kappa shape index (κ3) is 2.80. The first-order chi connectivity index (χ1) is 7.70. The molecule has 0 bridgehead atoms. The van der Waals surface area contributed by atoms with Crippen molar-refractivity contribution >= 4 is 0 Å². The molecule has 5 nitrogen and oxygen atoms in total. The molecule has 1 N–H and O–H groups in total. The number of hydrogen-bond donors (Lipinski definition) is 1. The zero-order chi connectivity index (χ0) is 11.5. The van der Waals surface area contributed by atoms with Crippen molar-refractivity contribution in [1.29, 1.82) is 0 Å². The first-order valence-electron chi connectivity index (χ1n) is 5.82. The summed E-state index contributed by atoms with van der Waals surface area (Å²) in [5.41, 5.74) is 0. The van der Waals surface area contributed by atoms with Crippen LogP contribution in [0.3, 0.4) is 0 Å². The Hall–Kier alpha value is -0.940. The van der Waals surface area contributed by atoms with Gasteiger partial charge in [0.2, 0.25) is 0 Å². The number of nitrogens with one attached hydrogen (secondary N) is 1. The Kier molecular flexibility index (Phi) is 3.56. The minimum atomic E-state index is 0.242. The van der Waals surface area contributed by atoms with Crippen LogP contribution in [-0.4, -0.2) is 41.1 Å². The van der Waals surface area contributed by atoms with Gasteiger partial charge in [0.05, 0.1) is 12.6 Å². The van der Waals surface area contributed by atoms with E-state index in [1.807, 2.05) is 18.5 Å². The van der Waals surface area contributed by atoms with E-state index in [4.69, 9.17) is 4.74 Å². The van der Waals surface area contributed by atoms with E-state index in [0.717, 1.165) is 18.2 Å². The Balaban J connectivity index is 2.01. The van der Waals surface area contributed by atoms with Crippen LogP contribution < -0.4 is 5.32 Å². The smallest absolute Gasteiger partial charge is 0.147 e. The number of hydrogen-bond acceptors (Lipinski definition) is 4. The fourth-order valence-electron chi connectivity index (χ4n) is 1.88. The van der Waals surface area contributed by atoms with E-state index in [1.54, 1.807) is 7.11 Å². The van der Waals surface area contributed by atoms with Gasteiger partial charge in [-0.25, -0.2) is 9.67 Å². The highest BCUT2D eigenvalue weighted by Gasteiger charge is 2.23. The van der Waals surface area contributed by atoms with Crippen molar-refractivity contribution in [2.75, 3.05) is 20.3 Å². The average Bonchev–Trinajstić information content (AvgIpc) is 2.99. The van der Waals surface area contributed by atoms with Gasteiger partial charge in [-0.15, -0.1) is 0 Å². The van der Waals surface area contributed by atoms with Crippen LogP contribution in [-0.2, 0) is 4.74 Å². The van der Waals surface area contributed by atoms with Crippen molar-refractivity contribution in [3.05, 3.63) is 11.6 Å². The topological polar surface area (TPSA) is 52.0 Å². The van der Waals surface area contributed by atoms with Crippen LogP contribution in [0.4, 0.5) is 0 Å². The van der Waals surface area contributed by atoms with Crippen molar-refractivity contribution in [3.63, 3.8) is 0 Å². The monoisotopic (exact) mass is 224 g/mol. The Morgan fingerprint density at radius 3 is 2.75 bits per heavy atom. The summed E-state index contributed by atoms with van der Waals surface area (Å²) in [6.07, 6.45) is 2.60. The molecule has 90 valence electrons. The molecule has 0 radical (unpaired) electrons. The number of rotatable bonds is 6. The summed E-state index contributed by atoms with van der Waals surface area (Å²) in [7, 11) is 1.73. The van der Waals surface area contributed by atoms with Gasteiger partial charge < -0.3 is 10.1 Å². The standard InChI is InChI=1S/C11H20N4O/c1-8-13-9(2)15(14-8)11(7-16-3)6-12-10-4-5-10/h10-12H,4-7H2,1-3H3. The third-order valence-electron chi connectivity index (χ3n) is 2.83. The molecule has 0 amide bonds. The summed E-state index contributed by atoms with van der Waals surface area (Å²) in [5.74, 6) is 1.78. The molecule has 5 heteroatoms. The SMILES string of the molecule is COCC(CNC1CC1)n1nc(C)nc1C. The number of methoxy groups -OCH3 is 1. The van der Waals surface area contributed by atoms with Crippen molar-refractivity contribution in [2.45, 2.75) is 38.8 Å². The minimum absolute atomic E-state index is 0.242. The second-order valence-corrected chi connectivity index (χ2v) is 4.44. The molecule has 1 atom stereocenters. The fourth-order valence-corrected chi connectivity index (χ4v) is 1.88. The lowest BCUT2D eigenvalue weighted by molar-refractivity contribution is 0.146. The predicted octanol–water partition coefficient (Wildman–Crippen LogP) is 0.834. The molecule has 1 heterocycles. The maximum absolute atomic E-state index is 5.25. The number of nitrogens with zero attached hydrogens (tertiary/aromatic N) is 3. The highest BCUT2D eigenvalue weighted by Crippen LogP contribution is 2.19. The van der Waals surface area contributed by atoms with Crippen LogP contribution in [0.2, 0.25) is 0 Å². The molecule has 16 heavy (non-hydrogen) atoms. The van der Waals surface area contributed by atoms with Gasteiger partial charge in [-0.05, 0) is 26.7 Å². The molecule has 2 rings (SSSR count). The summed E-state index contributed by atoms with van der Waals surface area (Å²) in [6, 6.07) is 0.955. The molecule has 0 aliphatic heterocycles. The predicted molar refractivity (Wildman–Crippen MR) is 61.4 cm³/mol. The van der Waals surface area contributed by atoms with E-state index < -0.39 is 0 Å². The first kappa shape index (κ1) is 11.5.